The van der Waals surface area contributed by atoms with Crippen LogP contribution in [0.1, 0.15) is 24.5 Å². The van der Waals surface area contributed by atoms with Crippen molar-refractivity contribution in [3.63, 3.8) is 0 Å². The summed E-state index contributed by atoms with van der Waals surface area (Å²) in [5.74, 6) is 1.68. The first-order valence-corrected chi connectivity index (χ1v) is 9.16. The lowest BCUT2D eigenvalue weighted by atomic mass is 10.2. The molecule has 2 aromatic carbocycles. The molecule has 1 heterocycles. The van der Waals surface area contributed by atoms with Crippen LogP contribution in [0.15, 0.2) is 48.5 Å². The van der Waals surface area contributed by atoms with Gasteiger partial charge in [-0.25, -0.2) is 0 Å². The minimum Gasteiger partial charge on any atom is -0.497 e. The average Bonchev–Trinajstić information content (AvgIpc) is 3.12. The number of rotatable bonds is 7. The van der Waals surface area contributed by atoms with Crippen LogP contribution in [0.2, 0.25) is 0 Å². The Bertz CT molecular complexity index is 765. The van der Waals surface area contributed by atoms with E-state index in [0.29, 0.717) is 24.6 Å². The third-order valence-corrected chi connectivity index (χ3v) is 4.31. The molecule has 0 aliphatic carbocycles. The summed E-state index contributed by atoms with van der Waals surface area (Å²) in [5, 5.41) is 13.3. The number of nitrogen functional groups attached to an aromatic ring is 1. The topological polar surface area (TPSA) is 109 Å². The van der Waals surface area contributed by atoms with Gasteiger partial charge in [0.1, 0.15) is 23.4 Å². The van der Waals surface area contributed by atoms with Crippen molar-refractivity contribution in [1.29, 1.82) is 5.41 Å². The molecule has 1 unspecified atom stereocenters. The van der Waals surface area contributed by atoms with Crippen LogP contribution in [-0.2, 0) is 11.3 Å². The van der Waals surface area contributed by atoms with E-state index in [1.807, 2.05) is 48.5 Å². The molecule has 0 spiro atoms. The molecular formula is C21H28N4O3. The fourth-order valence-corrected chi connectivity index (χ4v) is 2.82. The molecule has 1 saturated heterocycles. The molecule has 0 aromatic heterocycles. The molecule has 1 fully saturated rings. The Morgan fingerprint density at radius 1 is 1.29 bits per heavy atom. The van der Waals surface area contributed by atoms with Gasteiger partial charge in [0, 0.05) is 31.1 Å². The number of benzene rings is 2. The highest BCUT2D eigenvalue weighted by atomic mass is 16.5. The average molecular weight is 384 g/mol. The standard InChI is InChI=1S/C12H17N3O.C9H11NO2/c1-8-5-11(7-15-8)16-10-4-2-3-9(6-10)12(13)14;1-12-9-4-2-8(3-5-9)6-10-7-11/h2-4,6,8,11,15H,5,7H2,1H3,(H3,13,14);2-5,7H,6H2,1H3,(H,10,11)/t8?,11-;/m1./s1. The first kappa shape index (κ1) is 21.2. The lowest BCUT2D eigenvalue weighted by molar-refractivity contribution is -0.109. The monoisotopic (exact) mass is 384 g/mol. The molecular weight excluding hydrogens is 356 g/mol. The SMILES string of the molecule is CC1C[C@@H](Oc2cccc(C(=N)N)c2)CN1.COc1ccc(CNC=O)cc1. The maximum absolute atomic E-state index is 9.97. The van der Waals surface area contributed by atoms with Gasteiger partial charge in [-0.15, -0.1) is 0 Å². The highest BCUT2D eigenvalue weighted by molar-refractivity contribution is 5.95. The number of carbonyl (C=O) groups is 1. The second-order valence-electron chi connectivity index (χ2n) is 6.57. The molecule has 7 heteroatoms. The van der Waals surface area contributed by atoms with Crippen LogP contribution >= 0.6 is 0 Å². The number of hydrogen-bond acceptors (Lipinski definition) is 5. The van der Waals surface area contributed by atoms with Gasteiger partial charge in [-0.3, -0.25) is 10.2 Å². The molecule has 1 amide bonds. The lowest BCUT2D eigenvalue weighted by Gasteiger charge is -2.13. The molecule has 28 heavy (non-hydrogen) atoms. The summed E-state index contributed by atoms with van der Waals surface area (Å²) in [6.45, 7) is 3.59. The number of nitrogens with two attached hydrogens (primary N) is 1. The molecule has 0 radical (unpaired) electrons. The van der Waals surface area contributed by atoms with Gasteiger partial charge >= 0.3 is 0 Å². The van der Waals surface area contributed by atoms with Crippen molar-refractivity contribution in [1.82, 2.24) is 10.6 Å². The maximum atomic E-state index is 9.97. The van der Waals surface area contributed by atoms with Crippen LogP contribution in [0.3, 0.4) is 0 Å². The quantitative estimate of drug-likeness (QED) is 0.332. The lowest BCUT2D eigenvalue weighted by Crippen LogP contribution is -2.20. The predicted molar refractivity (Wildman–Crippen MR) is 110 cm³/mol. The minimum absolute atomic E-state index is 0.0726. The summed E-state index contributed by atoms with van der Waals surface area (Å²) in [6.07, 6.45) is 1.92. The smallest absolute Gasteiger partial charge is 0.207 e. The number of amidine groups is 1. The van der Waals surface area contributed by atoms with Gasteiger partial charge in [0.25, 0.3) is 0 Å². The Balaban J connectivity index is 0.000000209. The first-order valence-electron chi connectivity index (χ1n) is 9.16. The highest BCUT2D eigenvalue weighted by Crippen LogP contribution is 2.18. The van der Waals surface area contributed by atoms with Crippen molar-refractivity contribution in [2.24, 2.45) is 5.73 Å². The highest BCUT2D eigenvalue weighted by Gasteiger charge is 2.21. The Labute approximate surface area is 165 Å². The van der Waals surface area contributed by atoms with E-state index in [1.54, 1.807) is 7.11 Å². The molecule has 3 rings (SSSR count). The zero-order valence-electron chi connectivity index (χ0n) is 16.3. The van der Waals surface area contributed by atoms with Crippen LogP contribution in [0, 0.1) is 5.41 Å². The summed E-state index contributed by atoms with van der Waals surface area (Å²) in [5.41, 5.74) is 7.19. The number of carbonyl (C=O) groups excluding carboxylic acids is 1. The number of methoxy groups -OCH3 is 1. The van der Waals surface area contributed by atoms with Gasteiger partial charge in [-0.05, 0) is 36.8 Å². The molecule has 0 saturated carbocycles. The third-order valence-electron chi connectivity index (χ3n) is 4.31. The van der Waals surface area contributed by atoms with E-state index < -0.39 is 0 Å². The van der Waals surface area contributed by atoms with Crippen LogP contribution in [0.4, 0.5) is 0 Å². The van der Waals surface area contributed by atoms with Gasteiger partial charge in [0.15, 0.2) is 0 Å². The van der Waals surface area contributed by atoms with E-state index in [9.17, 15) is 4.79 Å². The zero-order valence-corrected chi connectivity index (χ0v) is 16.3. The largest absolute Gasteiger partial charge is 0.497 e. The van der Waals surface area contributed by atoms with E-state index in [-0.39, 0.29) is 11.9 Å². The van der Waals surface area contributed by atoms with Crippen LogP contribution < -0.4 is 25.8 Å². The van der Waals surface area contributed by atoms with Crippen LogP contribution in [-0.4, -0.2) is 38.0 Å². The second kappa shape index (κ2) is 10.9. The summed E-state index contributed by atoms with van der Waals surface area (Å²) in [4.78, 5) is 9.97. The first-order chi connectivity index (χ1) is 13.5. The van der Waals surface area contributed by atoms with Gasteiger partial charge in [-0.1, -0.05) is 24.3 Å². The predicted octanol–water partition coefficient (Wildman–Crippen LogP) is 2.04. The molecule has 150 valence electrons. The van der Waals surface area contributed by atoms with Crippen molar-refractivity contribution in [2.45, 2.75) is 32.0 Å². The van der Waals surface area contributed by atoms with Crippen LogP contribution in [0.25, 0.3) is 0 Å². The normalized spacial score (nSPS) is 17.8. The molecule has 1 aliphatic heterocycles. The van der Waals surface area contributed by atoms with Crippen LogP contribution in [0.5, 0.6) is 11.5 Å². The van der Waals surface area contributed by atoms with Gasteiger partial charge in [-0.2, -0.15) is 0 Å². The molecule has 7 nitrogen and oxygen atoms in total. The van der Waals surface area contributed by atoms with E-state index in [1.165, 1.54) is 0 Å². The van der Waals surface area contributed by atoms with E-state index in [2.05, 4.69) is 17.6 Å². The van der Waals surface area contributed by atoms with E-state index >= 15 is 0 Å². The van der Waals surface area contributed by atoms with Crippen molar-refractivity contribution in [2.75, 3.05) is 13.7 Å². The summed E-state index contributed by atoms with van der Waals surface area (Å²) >= 11 is 0. The van der Waals surface area contributed by atoms with Crippen molar-refractivity contribution < 1.29 is 14.3 Å². The van der Waals surface area contributed by atoms with Gasteiger partial charge < -0.3 is 25.8 Å². The summed E-state index contributed by atoms with van der Waals surface area (Å²) < 4.78 is 10.8. The summed E-state index contributed by atoms with van der Waals surface area (Å²) in [6, 6.07) is 15.4. The van der Waals surface area contributed by atoms with E-state index in [4.69, 9.17) is 20.6 Å². The zero-order chi connectivity index (χ0) is 20.4. The second-order valence-corrected chi connectivity index (χ2v) is 6.57. The Hall–Kier alpha value is -3.06. The van der Waals surface area contributed by atoms with Crippen molar-refractivity contribution in [3.8, 4) is 11.5 Å². The van der Waals surface area contributed by atoms with Crippen molar-refractivity contribution >= 4 is 12.2 Å². The summed E-state index contributed by atoms with van der Waals surface area (Å²) in [7, 11) is 1.62. The third kappa shape index (κ3) is 6.92. The number of ether oxygens (including phenoxy) is 2. The van der Waals surface area contributed by atoms with Gasteiger partial charge in [0.2, 0.25) is 6.41 Å². The Morgan fingerprint density at radius 3 is 2.61 bits per heavy atom. The minimum atomic E-state index is 0.0726. The molecule has 2 aromatic rings. The molecule has 0 bridgehead atoms. The van der Waals surface area contributed by atoms with Gasteiger partial charge in [0.05, 0.1) is 7.11 Å². The molecule has 5 N–H and O–H groups in total. The Morgan fingerprint density at radius 2 is 2.04 bits per heavy atom. The molecule has 2 atom stereocenters. The fraction of sp³-hybridized carbons (Fsp3) is 0.333. The fourth-order valence-electron chi connectivity index (χ4n) is 2.82. The Kier molecular flexibility index (Phi) is 8.30. The number of amides is 1. The molecule has 1 aliphatic rings. The number of nitrogens with one attached hydrogen (secondary N) is 3. The maximum Gasteiger partial charge on any atom is 0.207 e. The van der Waals surface area contributed by atoms with E-state index in [0.717, 1.165) is 30.0 Å². The number of hydrogen-bond donors (Lipinski definition) is 4. The van der Waals surface area contributed by atoms with Crippen molar-refractivity contribution in [3.05, 3.63) is 59.7 Å².